The second-order valence-electron chi connectivity index (χ2n) is 5.89. The molecule has 19 heavy (non-hydrogen) atoms. The molecule has 1 fully saturated rings. The lowest BCUT2D eigenvalue weighted by Gasteiger charge is -2.23. The van der Waals surface area contributed by atoms with Crippen molar-refractivity contribution in [2.45, 2.75) is 64.5 Å². The average molecular weight is 263 g/mol. The first kappa shape index (κ1) is 14.5. The number of rotatable bonds is 4. The van der Waals surface area contributed by atoms with Crippen molar-refractivity contribution < 1.29 is 4.39 Å². The Morgan fingerprint density at radius 2 is 2.00 bits per heavy atom. The fourth-order valence-corrected chi connectivity index (χ4v) is 3.22. The van der Waals surface area contributed by atoms with Gasteiger partial charge in [-0.3, -0.25) is 0 Å². The lowest BCUT2D eigenvalue weighted by molar-refractivity contribution is 0.394. The molecule has 1 saturated carbocycles. The molecule has 0 aromatic heterocycles. The Labute approximate surface area is 116 Å². The van der Waals surface area contributed by atoms with E-state index in [1.807, 2.05) is 12.1 Å². The van der Waals surface area contributed by atoms with Crippen molar-refractivity contribution in [3.63, 3.8) is 0 Å². The van der Waals surface area contributed by atoms with E-state index >= 15 is 0 Å². The van der Waals surface area contributed by atoms with E-state index in [2.05, 4.69) is 19.2 Å². The van der Waals surface area contributed by atoms with Gasteiger partial charge >= 0.3 is 0 Å². The van der Waals surface area contributed by atoms with Gasteiger partial charge in [0.05, 0.1) is 0 Å². The lowest BCUT2D eigenvalue weighted by atomic mass is 9.97. The van der Waals surface area contributed by atoms with Crippen LogP contribution in [0.1, 0.15) is 64.0 Å². The van der Waals surface area contributed by atoms with Gasteiger partial charge in [-0.05, 0) is 38.2 Å². The maximum absolute atomic E-state index is 13.8. The Morgan fingerprint density at radius 3 is 2.74 bits per heavy atom. The van der Waals surface area contributed by atoms with E-state index < -0.39 is 0 Å². The molecule has 1 aromatic carbocycles. The van der Waals surface area contributed by atoms with Gasteiger partial charge in [0.15, 0.2) is 0 Å². The SMILES string of the molecule is CCC1CCCC(N[C@H](C)c2ccccc2F)CC1. The third-order valence-corrected chi connectivity index (χ3v) is 4.52. The summed E-state index contributed by atoms with van der Waals surface area (Å²) >= 11 is 0. The van der Waals surface area contributed by atoms with Crippen LogP contribution in [0.4, 0.5) is 4.39 Å². The molecule has 1 aromatic rings. The molecular formula is C17H26FN. The highest BCUT2D eigenvalue weighted by Crippen LogP contribution is 2.27. The van der Waals surface area contributed by atoms with Crippen LogP contribution < -0.4 is 5.32 Å². The van der Waals surface area contributed by atoms with Gasteiger partial charge in [0, 0.05) is 17.6 Å². The molecular weight excluding hydrogens is 237 g/mol. The van der Waals surface area contributed by atoms with Crippen molar-refractivity contribution in [3.05, 3.63) is 35.6 Å². The Hall–Kier alpha value is -0.890. The van der Waals surface area contributed by atoms with Crippen LogP contribution in [0.2, 0.25) is 0 Å². The molecule has 1 nitrogen and oxygen atoms in total. The minimum Gasteiger partial charge on any atom is -0.307 e. The van der Waals surface area contributed by atoms with Crippen LogP contribution in [-0.4, -0.2) is 6.04 Å². The van der Waals surface area contributed by atoms with Crippen molar-refractivity contribution >= 4 is 0 Å². The first-order chi connectivity index (χ1) is 9.20. The molecule has 0 aliphatic heterocycles. The van der Waals surface area contributed by atoms with Crippen molar-refractivity contribution in [2.24, 2.45) is 5.92 Å². The van der Waals surface area contributed by atoms with E-state index in [0.29, 0.717) is 6.04 Å². The van der Waals surface area contributed by atoms with Gasteiger partial charge in [-0.2, -0.15) is 0 Å². The summed E-state index contributed by atoms with van der Waals surface area (Å²) in [4.78, 5) is 0. The first-order valence-electron chi connectivity index (χ1n) is 7.71. The second-order valence-corrected chi connectivity index (χ2v) is 5.89. The molecule has 0 heterocycles. The molecule has 2 heteroatoms. The predicted octanol–water partition coefficient (Wildman–Crippen LogP) is 4.84. The molecule has 0 radical (unpaired) electrons. The summed E-state index contributed by atoms with van der Waals surface area (Å²) in [5, 5.41) is 3.62. The van der Waals surface area contributed by atoms with E-state index in [1.165, 1.54) is 38.5 Å². The van der Waals surface area contributed by atoms with Gasteiger partial charge in [0.2, 0.25) is 0 Å². The Bertz CT molecular complexity index is 391. The lowest BCUT2D eigenvalue weighted by Crippen LogP contribution is -2.31. The molecule has 1 aliphatic rings. The summed E-state index contributed by atoms with van der Waals surface area (Å²) in [5.41, 5.74) is 0.791. The van der Waals surface area contributed by atoms with Gasteiger partial charge in [0.25, 0.3) is 0 Å². The zero-order chi connectivity index (χ0) is 13.7. The predicted molar refractivity (Wildman–Crippen MR) is 78.6 cm³/mol. The largest absolute Gasteiger partial charge is 0.307 e. The fraction of sp³-hybridized carbons (Fsp3) is 0.647. The van der Waals surface area contributed by atoms with Crippen LogP contribution in [0.3, 0.4) is 0 Å². The van der Waals surface area contributed by atoms with E-state index in [4.69, 9.17) is 0 Å². The number of hydrogen-bond donors (Lipinski definition) is 1. The van der Waals surface area contributed by atoms with Gasteiger partial charge in [0.1, 0.15) is 5.82 Å². The van der Waals surface area contributed by atoms with Crippen molar-refractivity contribution in [3.8, 4) is 0 Å². The van der Waals surface area contributed by atoms with E-state index in [1.54, 1.807) is 12.1 Å². The number of nitrogens with one attached hydrogen (secondary N) is 1. The summed E-state index contributed by atoms with van der Waals surface area (Å²) < 4.78 is 13.8. The highest BCUT2D eigenvalue weighted by atomic mass is 19.1. The monoisotopic (exact) mass is 263 g/mol. The molecule has 106 valence electrons. The van der Waals surface area contributed by atoms with E-state index in [0.717, 1.165) is 11.5 Å². The Balaban J connectivity index is 1.92. The van der Waals surface area contributed by atoms with Crippen LogP contribution >= 0.6 is 0 Å². The molecule has 3 atom stereocenters. The highest BCUT2D eigenvalue weighted by molar-refractivity contribution is 5.20. The number of halogens is 1. The quantitative estimate of drug-likeness (QED) is 0.767. The van der Waals surface area contributed by atoms with Gasteiger partial charge in [-0.25, -0.2) is 4.39 Å². The highest BCUT2D eigenvalue weighted by Gasteiger charge is 2.20. The van der Waals surface area contributed by atoms with Crippen LogP contribution in [0, 0.1) is 11.7 Å². The van der Waals surface area contributed by atoms with Gasteiger partial charge < -0.3 is 5.32 Å². The second kappa shape index (κ2) is 7.04. The van der Waals surface area contributed by atoms with Crippen LogP contribution in [0.25, 0.3) is 0 Å². The maximum atomic E-state index is 13.8. The maximum Gasteiger partial charge on any atom is 0.127 e. The van der Waals surface area contributed by atoms with Crippen molar-refractivity contribution in [1.82, 2.24) is 5.32 Å². The Kier molecular flexibility index (Phi) is 5.38. The summed E-state index contributed by atoms with van der Waals surface area (Å²) in [7, 11) is 0. The summed E-state index contributed by atoms with van der Waals surface area (Å²) in [6.45, 7) is 4.36. The topological polar surface area (TPSA) is 12.0 Å². The molecule has 0 saturated heterocycles. The van der Waals surface area contributed by atoms with Gasteiger partial charge in [-0.1, -0.05) is 44.4 Å². The molecule has 0 bridgehead atoms. The minimum absolute atomic E-state index is 0.0949. The van der Waals surface area contributed by atoms with Crippen LogP contribution in [0.5, 0.6) is 0 Å². The van der Waals surface area contributed by atoms with E-state index in [-0.39, 0.29) is 11.9 Å². The summed E-state index contributed by atoms with van der Waals surface area (Å²) in [6.07, 6.45) is 7.75. The molecule has 2 rings (SSSR count). The standard InChI is InChI=1S/C17H26FN/c1-3-14-7-6-8-15(12-11-14)19-13(2)16-9-4-5-10-17(16)18/h4-5,9-10,13-15,19H,3,6-8,11-12H2,1-2H3/t13-,14?,15?/m1/s1. The average Bonchev–Trinajstić information content (AvgIpc) is 2.64. The number of hydrogen-bond acceptors (Lipinski definition) is 1. The Morgan fingerprint density at radius 1 is 1.21 bits per heavy atom. The van der Waals surface area contributed by atoms with Crippen LogP contribution in [-0.2, 0) is 0 Å². The van der Waals surface area contributed by atoms with Crippen molar-refractivity contribution in [1.29, 1.82) is 0 Å². The van der Waals surface area contributed by atoms with Crippen molar-refractivity contribution in [2.75, 3.05) is 0 Å². The fourth-order valence-electron chi connectivity index (χ4n) is 3.22. The smallest absolute Gasteiger partial charge is 0.127 e. The zero-order valence-electron chi connectivity index (χ0n) is 12.2. The molecule has 0 amide bonds. The molecule has 0 spiro atoms. The molecule has 1 N–H and O–H groups in total. The third kappa shape index (κ3) is 4.04. The third-order valence-electron chi connectivity index (χ3n) is 4.52. The van der Waals surface area contributed by atoms with Crippen LogP contribution in [0.15, 0.2) is 24.3 Å². The first-order valence-corrected chi connectivity index (χ1v) is 7.71. The number of benzene rings is 1. The van der Waals surface area contributed by atoms with Gasteiger partial charge in [-0.15, -0.1) is 0 Å². The van der Waals surface area contributed by atoms with E-state index in [9.17, 15) is 4.39 Å². The molecule has 2 unspecified atom stereocenters. The summed E-state index contributed by atoms with van der Waals surface area (Å²) in [6, 6.07) is 7.75. The summed E-state index contributed by atoms with van der Waals surface area (Å²) in [5.74, 6) is 0.804. The normalized spacial score (nSPS) is 25.8. The minimum atomic E-state index is -0.0949. The zero-order valence-corrected chi connectivity index (χ0v) is 12.2. The molecule has 1 aliphatic carbocycles.